The molecule has 0 radical (unpaired) electrons. The first-order chi connectivity index (χ1) is 12.1. The molecule has 2 amide bonds. The van der Waals surface area contributed by atoms with Crippen molar-refractivity contribution in [1.29, 1.82) is 0 Å². The van der Waals surface area contributed by atoms with E-state index >= 15 is 0 Å². The lowest BCUT2D eigenvalue weighted by atomic mass is 10.2. The monoisotopic (exact) mass is 525 g/mol. The van der Waals surface area contributed by atoms with Crippen LogP contribution in [-0.2, 0) is 4.79 Å². The molecule has 0 unspecified atom stereocenters. The zero-order valence-corrected chi connectivity index (χ0v) is 17.9. The Morgan fingerprint density at radius 3 is 2.19 bits per heavy atom. The summed E-state index contributed by atoms with van der Waals surface area (Å²) in [4.78, 5) is 23.5. The predicted molar refractivity (Wildman–Crippen MR) is 115 cm³/mol. The quantitative estimate of drug-likeness (QED) is 0.298. The molecule has 0 aromatic heterocycles. The first kappa shape index (κ1) is 21.1. The van der Waals surface area contributed by atoms with Crippen molar-refractivity contribution in [2.24, 2.45) is 0 Å². The second-order valence-electron chi connectivity index (χ2n) is 5.36. The summed E-state index contributed by atoms with van der Waals surface area (Å²) < 4.78 is -0.865. The summed E-state index contributed by atoms with van der Waals surface area (Å²) >= 11 is 20.1. The normalized spacial score (nSPS) is 12.2. The number of anilines is 2. The zero-order valence-electron chi connectivity index (χ0n) is 13.5. The van der Waals surface area contributed by atoms with Gasteiger partial charge in [-0.05, 0) is 65.1 Å². The van der Waals surface area contributed by atoms with Crippen molar-refractivity contribution in [3.8, 4) is 0 Å². The first-order valence-electron chi connectivity index (χ1n) is 7.42. The molecular formula is C17H15Cl3IN3O2. The van der Waals surface area contributed by atoms with Crippen molar-refractivity contribution in [2.45, 2.75) is 16.9 Å². The third-order valence-corrected chi connectivity index (χ3v) is 4.53. The number of hydrogen-bond acceptors (Lipinski definition) is 3. The fourth-order valence-corrected chi connectivity index (χ4v) is 2.93. The molecule has 0 aliphatic carbocycles. The van der Waals surface area contributed by atoms with Gasteiger partial charge in [0.25, 0.3) is 5.91 Å². The summed E-state index contributed by atoms with van der Waals surface area (Å²) in [6, 6.07) is 13.8. The molecule has 3 N–H and O–H groups in total. The highest BCUT2D eigenvalue weighted by Crippen LogP contribution is 2.31. The largest absolute Gasteiger partial charge is 0.362 e. The SMILES string of the molecule is CC(=O)Nc1ccc(N[C@@H](NC(=O)c2cccc(I)c2)C(Cl)(Cl)Cl)cc1. The lowest BCUT2D eigenvalue weighted by molar-refractivity contribution is -0.114. The summed E-state index contributed by atoms with van der Waals surface area (Å²) in [7, 11) is 0. The summed E-state index contributed by atoms with van der Waals surface area (Å²) in [5.41, 5.74) is 1.70. The molecule has 1 atom stereocenters. The van der Waals surface area contributed by atoms with E-state index in [1.54, 1.807) is 42.5 Å². The number of hydrogen-bond donors (Lipinski definition) is 3. The molecule has 2 aromatic carbocycles. The predicted octanol–water partition coefficient (Wildman–Crippen LogP) is 4.79. The van der Waals surface area contributed by atoms with E-state index in [-0.39, 0.29) is 11.8 Å². The third kappa shape index (κ3) is 6.50. The van der Waals surface area contributed by atoms with Crippen molar-refractivity contribution in [3.63, 3.8) is 0 Å². The van der Waals surface area contributed by atoms with E-state index in [4.69, 9.17) is 34.8 Å². The molecule has 0 heterocycles. The fraction of sp³-hybridized carbons (Fsp3) is 0.176. The molecule has 0 spiro atoms. The number of carbonyl (C=O) groups excluding carboxylic acids is 2. The third-order valence-electron chi connectivity index (χ3n) is 3.21. The minimum absolute atomic E-state index is 0.172. The number of alkyl halides is 3. The molecule has 0 aliphatic heterocycles. The van der Waals surface area contributed by atoms with Crippen LogP contribution in [0.1, 0.15) is 17.3 Å². The van der Waals surface area contributed by atoms with Crippen molar-refractivity contribution < 1.29 is 9.59 Å². The number of benzene rings is 2. The Kier molecular flexibility index (Phi) is 7.40. The van der Waals surface area contributed by atoms with Crippen LogP contribution in [-0.4, -0.2) is 21.8 Å². The van der Waals surface area contributed by atoms with Gasteiger partial charge < -0.3 is 16.0 Å². The van der Waals surface area contributed by atoms with Gasteiger partial charge in [0.2, 0.25) is 9.70 Å². The lowest BCUT2D eigenvalue weighted by Crippen LogP contribution is -2.49. The minimum Gasteiger partial charge on any atom is -0.362 e. The summed E-state index contributed by atoms with van der Waals surface area (Å²) in [5.74, 6) is -0.545. The molecule has 2 aromatic rings. The lowest BCUT2D eigenvalue weighted by Gasteiger charge is -2.27. The van der Waals surface area contributed by atoms with Crippen molar-refractivity contribution in [2.75, 3.05) is 10.6 Å². The van der Waals surface area contributed by atoms with E-state index in [0.29, 0.717) is 16.9 Å². The van der Waals surface area contributed by atoms with Crippen LogP contribution in [0, 0.1) is 3.57 Å². The van der Waals surface area contributed by atoms with Gasteiger partial charge in [-0.3, -0.25) is 9.59 Å². The molecule has 0 aliphatic rings. The zero-order chi connectivity index (χ0) is 19.3. The number of carbonyl (C=O) groups is 2. The Morgan fingerprint density at radius 2 is 1.65 bits per heavy atom. The van der Waals surface area contributed by atoms with Gasteiger partial charge in [-0.25, -0.2) is 0 Å². The van der Waals surface area contributed by atoms with Gasteiger partial charge in [0.05, 0.1) is 0 Å². The van der Waals surface area contributed by atoms with E-state index in [1.165, 1.54) is 6.92 Å². The van der Waals surface area contributed by atoms with Crippen LogP contribution >= 0.6 is 57.4 Å². The average Bonchev–Trinajstić information content (AvgIpc) is 2.54. The van der Waals surface area contributed by atoms with E-state index in [9.17, 15) is 9.59 Å². The molecular weight excluding hydrogens is 511 g/mol. The highest BCUT2D eigenvalue weighted by Gasteiger charge is 2.34. The van der Waals surface area contributed by atoms with Crippen LogP contribution in [0.3, 0.4) is 0 Å². The molecule has 0 saturated heterocycles. The maximum atomic E-state index is 12.4. The molecule has 2 rings (SSSR count). The van der Waals surface area contributed by atoms with Gasteiger partial charge in [0.15, 0.2) is 0 Å². The van der Waals surface area contributed by atoms with Crippen molar-refractivity contribution >= 4 is 80.6 Å². The Labute approximate surface area is 179 Å². The molecule has 138 valence electrons. The van der Waals surface area contributed by atoms with Gasteiger partial charge in [0.1, 0.15) is 6.17 Å². The molecule has 9 heteroatoms. The first-order valence-corrected chi connectivity index (χ1v) is 9.64. The van der Waals surface area contributed by atoms with Crippen molar-refractivity contribution in [3.05, 3.63) is 57.7 Å². The highest BCUT2D eigenvalue weighted by molar-refractivity contribution is 14.1. The van der Waals surface area contributed by atoms with Crippen LogP contribution in [0.2, 0.25) is 0 Å². The standard InChI is InChI=1S/C17H15Cl3IN3O2/c1-10(25)22-13-5-7-14(8-6-13)23-16(17(18,19)20)24-15(26)11-3-2-4-12(21)9-11/h2-9,16,23H,1H3,(H,22,25)(H,24,26)/t16-/m0/s1. The van der Waals surface area contributed by atoms with Crippen molar-refractivity contribution in [1.82, 2.24) is 5.32 Å². The van der Waals surface area contributed by atoms with Gasteiger partial charge >= 0.3 is 0 Å². The van der Waals surface area contributed by atoms with Gasteiger partial charge in [-0.1, -0.05) is 40.9 Å². The van der Waals surface area contributed by atoms with Gasteiger partial charge in [0, 0.05) is 27.4 Å². The van der Waals surface area contributed by atoms with E-state index in [2.05, 4.69) is 38.5 Å². The number of nitrogens with one attached hydrogen (secondary N) is 3. The number of halogens is 4. The minimum atomic E-state index is -1.78. The smallest absolute Gasteiger partial charge is 0.253 e. The molecule has 26 heavy (non-hydrogen) atoms. The van der Waals surface area contributed by atoms with Crippen LogP contribution in [0.5, 0.6) is 0 Å². The molecule has 5 nitrogen and oxygen atoms in total. The van der Waals surface area contributed by atoms with Gasteiger partial charge in [-0.2, -0.15) is 0 Å². The second kappa shape index (κ2) is 9.12. The summed E-state index contributed by atoms with van der Waals surface area (Å²) in [6.45, 7) is 1.42. The van der Waals surface area contributed by atoms with Gasteiger partial charge in [-0.15, -0.1) is 0 Å². The highest BCUT2D eigenvalue weighted by atomic mass is 127. The Morgan fingerprint density at radius 1 is 1.04 bits per heavy atom. The van der Waals surface area contributed by atoms with E-state index < -0.39 is 9.96 Å². The maximum absolute atomic E-state index is 12.4. The molecule has 0 fully saturated rings. The topological polar surface area (TPSA) is 70.2 Å². The molecule has 0 saturated carbocycles. The molecule has 0 bridgehead atoms. The average molecular weight is 527 g/mol. The maximum Gasteiger partial charge on any atom is 0.253 e. The number of rotatable bonds is 5. The van der Waals surface area contributed by atoms with Crippen LogP contribution < -0.4 is 16.0 Å². The van der Waals surface area contributed by atoms with Crippen LogP contribution in [0.15, 0.2) is 48.5 Å². The van der Waals surface area contributed by atoms with Crippen LogP contribution in [0.4, 0.5) is 11.4 Å². The Balaban J connectivity index is 2.12. The van der Waals surface area contributed by atoms with E-state index in [0.717, 1.165) is 3.57 Å². The fourth-order valence-electron chi connectivity index (χ4n) is 2.06. The Hall–Kier alpha value is -1.22. The number of amides is 2. The van der Waals surface area contributed by atoms with E-state index in [1.807, 2.05) is 6.07 Å². The van der Waals surface area contributed by atoms with Crippen LogP contribution in [0.25, 0.3) is 0 Å². The second-order valence-corrected chi connectivity index (χ2v) is 8.98. The summed E-state index contributed by atoms with van der Waals surface area (Å²) in [6.07, 6.45) is -0.968. The summed E-state index contributed by atoms with van der Waals surface area (Å²) in [5, 5.41) is 8.31. The Bertz CT molecular complexity index is 795.